The number of aliphatic hydroxyl groups excluding tert-OH is 1. The molecule has 1 N–H and O–H groups in total. The van der Waals surface area contributed by atoms with Crippen LogP contribution in [0, 0.1) is 6.92 Å². The van der Waals surface area contributed by atoms with Gasteiger partial charge in [0.05, 0.1) is 18.0 Å². The van der Waals surface area contributed by atoms with Gasteiger partial charge in [0.2, 0.25) is 0 Å². The van der Waals surface area contributed by atoms with Gasteiger partial charge in [-0.15, -0.1) is 0 Å². The Morgan fingerprint density at radius 1 is 1.27 bits per heavy atom. The standard InChI is InChI=1S/C17H21ClN6O2/c1-11-6-15(21-26-11)16-14(17(18)22(2)20-16)9-23-4-3-5-24-13(8-23)7-12(10-25)19-24/h6-7,25H,3-5,8-10H2,1-2H3. The van der Waals surface area contributed by atoms with Gasteiger partial charge in [0.1, 0.15) is 22.3 Å². The smallest absolute Gasteiger partial charge is 0.134 e. The minimum absolute atomic E-state index is 0.0376. The summed E-state index contributed by atoms with van der Waals surface area (Å²) in [6.07, 6.45) is 0.982. The Balaban J connectivity index is 1.62. The molecule has 0 spiro atoms. The van der Waals surface area contributed by atoms with Crippen molar-refractivity contribution in [2.45, 2.75) is 39.6 Å². The Kier molecular flexibility index (Phi) is 4.56. The van der Waals surface area contributed by atoms with Gasteiger partial charge in [0.25, 0.3) is 0 Å². The van der Waals surface area contributed by atoms with Crippen LogP contribution in [0.2, 0.25) is 5.15 Å². The van der Waals surface area contributed by atoms with Crippen molar-refractivity contribution in [2.75, 3.05) is 6.54 Å². The van der Waals surface area contributed by atoms with Crippen molar-refractivity contribution in [3.8, 4) is 11.4 Å². The van der Waals surface area contributed by atoms with Crippen LogP contribution in [0.5, 0.6) is 0 Å². The third kappa shape index (κ3) is 3.15. The van der Waals surface area contributed by atoms with Crippen LogP contribution in [0.1, 0.15) is 29.1 Å². The van der Waals surface area contributed by atoms with Crippen LogP contribution in [0.4, 0.5) is 0 Å². The highest BCUT2D eigenvalue weighted by Gasteiger charge is 2.23. The van der Waals surface area contributed by atoms with E-state index in [0.29, 0.717) is 23.1 Å². The minimum atomic E-state index is -0.0376. The first-order valence-electron chi connectivity index (χ1n) is 8.59. The summed E-state index contributed by atoms with van der Waals surface area (Å²) in [6, 6.07) is 3.83. The zero-order valence-electron chi connectivity index (χ0n) is 14.8. The predicted octanol–water partition coefficient (Wildman–Crippen LogP) is 2.13. The summed E-state index contributed by atoms with van der Waals surface area (Å²) >= 11 is 6.52. The van der Waals surface area contributed by atoms with E-state index in [1.165, 1.54) is 0 Å². The van der Waals surface area contributed by atoms with Gasteiger partial charge in [-0.2, -0.15) is 10.2 Å². The lowest BCUT2D eigenvalue weighted by Crippen LogP contribution is -2.23. The molecule has 3 aromatic rings. The van der Waals surface area contributed by atoms with Gasteiger partial charge in [0, 0.05) is 44.9 Å². The molecule has 0 amide bonds. The molecule has 0 bridgehead atoms. The quantitative estimate of drug-likeness (QED) is 0.750. The van der Waals surface area contributed by atoms with Crippen LogP contribution in [-0.4, -0.2) is 41.3 Å². The van der Waals surface area contributed by atoms with E-state index in [4.69, 9.17) is 16.1 Å². The van der Waals surface area contributed by atoms with Gasteiger partial charge in [-0.05, 0) is 19.4 Å². The third-order valence-electron chi connectivity index (χ3n) is 4.63. The van der Waals surface area contributed by atoms with Gasteiger partial charge < -0.3 is 9.63 Å². The first-order chi connectivity index (χ1) is 12.5. The zero-order valence-corrected chi connectivity index (χ0v) is 15.6. The van der Waals surface area contributed by atoms with Crippen molar-refractivity contribution in [1.29, 1.82) is 0 Å². The van der Waals surface area contributed by atoms with Gasteiger partial charge in [-0.25, -0.2) is 0 Å². The molecule has 0 aromatic carbocycles. The molecule has 9 heteroatoms. The van der Waals surface area contributed by atoms with E-state index in [1.807, 2.05) is 30.8 Å². The van der Waals surface area contributed by atoms with Crippen LogP contribution in [0.25, 0.3) is 11.4 Å². The third-order valence-corrected chi connectivity index (χ3v) is 5.10. The van der Waals surface area contributed by atoms with Crippen molar-refractivity contribution >= 4 is 11.6 Å². The Morgan fingerprint density at radius 2 is 2.12 bits per heavy atom. The van der Waals surface area contributed by atoms with Crippen LogP contribution < -0.4 is 0 Å². The van der Waals surface area contributed by atoms with Gasteiger partial charge in [-0.3, -0.25) is 14.3 Å². The number of hydrogen-bond donors (Lipinski definition) is 1. The lowest BCUT2D eigenvalue weighted by atomic mass is 10.1. The van der Waals surface area contributed by atoms with E-state index in [-0.39, 0.29) is 6.61 Å². The first kappa shape index (κ1) is 17.3. The van der Waals surface area contributed by atoms with Crippen LogP contribution >= 0.6 is 11.6 Å². The highest BCUT2D eigenvalue weighted by atomic mass is 35.5. The molecular formula is C17H21ClN6O2. The Labute approximate surface area is 155 Å². The number of nitrogens with zero attached hydrogens (tertiary/aromatic N) is 6. The second kappa shape index (κ2) is 6.86. The molecule has 0 saturated heterocycles. The second-order valence-electron chi connectivity index (χ2n) is 6.64. The Morgan fingerprint density at radius 3 is 2.85 bits per heavy atom. The average molecular weight is 377 g/mol. The van der Waals surface area contributed by atoms with Crippen molar-refractivity contribution in [2.24, 2.45) is 7.05 Å². The fraction of sp³-hybridized carbons (Fsp3) is 0.471. The van der Waals surface area contributed by atoms with Crippen LogP contribution in [0.15, 0.2) is 16.7 Å². The van der Waals surface area contributed by atoms with Gasteiger partial charge in [0.15, 0.2) is 0 Å². The van der Waals surface area contributed by atoms with E-state index < -0.39 is 0 Å². The number of fused-ring (bicyclic) bond motifs is 1. The summed E-state index contributed by atoms with van der Waals surface area (Å²) in [4.78, 5) is 2.32. The fourth-order valence-electron chi connectivity index (χ4n) is 3.40. The van der Waals surface area contributed by atoms with Crippen LogP contribution in [0.3, 0.4) is 0 Å². The highest BCUT2D eigenvalue weighted by molar-refractivity contribution is 6.30. The number of hydrogen-bond acceptors (Lipinski definition) is 6. The monoisotopic (exact) mass is 376 g/mol. The van der Waals surface area contributed by atoms with Gasteiger partial charge in [-0.1, -0.05) is 16.8 Å². The average Bonchev–Trinajstić information content (AvgIpc) is 3.25. The Hall–Kier alpha value is -2.16. The number of halogens is 1. The molecule has 1 aliphatic heterocycles. The van der Waals surface area contributed by atoms with E-state index in [9.17, 15) is 5.11 Å². The first-order valence-corrected chi connectivity index (χ1v) is 8.97. The van der Waals surface area contributed by atoms with Crippen LogP contribution in [-0.2, 0) is 33.3 Å². The van der Waals surface area contributed by atoms with Crippen molar-refractivity contribution < 1.29 is 9.63 Å². The zero-order chi connectivity index (χ0) is 18.3. The SMILES string of the molecule is Cc1cc(-c2nn(C)c(Cl)c2CN2CCCn3nc(CO)cc3C2)no1. The molecule has 26 heavy (non-hydrogen) atoms. The highest BCUT2D eigenvalue weighted by Crippen LogP contribution is 2.30. The molecule has 0 unspecified atom stereocenters. The molecule has 3 aromatic heterocycles. The molecule has 0 atom stereocenters. The molecule has 0 saturated carbocycles. The second-order valence-corrected chi connectivity index (χ2v) is 6.99. The molecule has 138 valence electrons. The van der Waals surface area contributed by atoms with E-state index >= 15 is 0 Å². The number of aryl methyl sites for hydroxylation is 3. The molecule has 0 aliphatic carbocycles. The maximum atomic E-state index is 9.33. The molecule has 0 radical (unpaired) electrons. The Bertz CT molecular complexity index is 928. The van der Waals surface area contributed by atoms with Crippen molar-refractivity contribution in [3.63, 3.8) is 0 Å². The lowest BCUT2D eigenvalue weighted by Gasteiger charge is -2.19. The minimum Gasteiger partial charge on any atom is -0.390 e. The maximum absolute atomic E-state index is 9.33. The van der Waals surface area contributed by atoms with Crippen molar-refractivity contribution in [1.82, 2.24) is 29.6 Å². The summed E-state index contributed by atoms with van der Waals surface area (Å²) in [5.41, 5.74) is 4.20. The lowest BCUT2D eigenvalue weighted by molar-refractivity contribution is 0.260. The largest absolute Gasteiger partial charge is 0.390 e. The molecule has 8 nitrogen and oxygen atoms in total. The molecular weight excluding hydrogens is 356 g/mol. The van der Waals surface area contributed by atoms with E-state index in [2.05, 4.69) is 20.3 Å². The topological polar surface area (TPSA) is 85.1 Å². The van der Waals surface area contributed by atoms with E-state index in [0.717, 1.165) is 48.8 Å². The summed E-state index contributed by atoms with van der Waals surface area (Å²) in [6.45, 7) is 5.00. The maximum Gasteiger partial charge on any atom is 0.134 e. The summed E-state index contributed by atoms with van der Waals surface area (Å²) in [5.74, 6) is 0.739. The molecule has 1 aliphatic rings. The summed E-state index contributed by atoms with van der Waals surface area (Å²) < 4.78 is 8.86. The molecule has 0 fully saturated rings. The molecule has 4 heterocycles. The number of aliphatic hydroxyl groups is 1. The normalized spacial score (nSPS) is 15.2. The van der Waals surface area contributed by atoms with Gasteiger partial charge >= 0.3 is 0 Å². The molecule has 4 rings (SSSR count). The fourth-order valence-corrected chi connectivity index (χ4v) is 3.58. The van der Waals surface area contributed by atoms with E-state index in [1.54, 1.807) is 4.68 Å². The number of aromatic nitrogens is 5. The van der Waals surface area contributed by atoms with Crippen molar-refractivity contribution in [3.05, 3.63) is 40.0 Å². The predicted molar refractivity (Wildman–Crippen MR) is 95.3 cm³/mol. The summed E-state index contributed by atoms with van der Waals surface area (Å²) in [7, 11) is 1.83. The summed E-state index contributed by atoms with van der Waals surface area (Å²) in [5, 5.41) is 23.0. The number of rotatable bonds is 4.